The van der Waals surface area contributed by atoms with E-state index < -0.39 is 12.1 Å². The number of phenolic OH excluding ortho intramolecular Hbond substituents is 2. The summed E-state index contributed by atoms with van der Waals surface area (Å²) in [4.78, 5) is 17.5. The lowest BCUT2D eigenvalue weighted by Crippen LogP contribution is -2.31. The zero-order valence-corrected chi connectivity index (χ0v) is 18.0. The van der Waals surface area contributed by atoms with E-state index >= 15 is 0 Å². The molecule has 0 saturated carbocycles. The summed E-state index contributed by atoms with van der Waals surface area (Å²) in [6.07, 6.45) is 3.78. The molecular formula is C24H22N6O3S. The quantitative estimate of drug-likeness (QED) is 0.381. The Morgan fingerprint density at radius 3 is 2.56 bits per heavy atom. The van der Waals surface area contributed by atoms with Gasteiger partial charge in [0.15, 0.2) is 0 Å². The molecule has 1 atom stereocenters. The van der Waals surface area contributed by atoms with Crippen molar-refractivity contribution in [3.8, 4) is 22.8 Å². The Kier molecular flexibility index (Phi) is 6.51. The van der Waals surface area contributed by atoms with Gasteiger partial charge in [-0.15, -0.1) is 5.10 Å². The highest BCUT2D eigenvalue weighted by atomic mass is 32.1. The van der Waals surface area contributed by atoms with Gasteiger partial charge >= 0.3 is 6.03 Å². The van der Waals surface area contributed by atoms with Crippen LogP contribution in [-0.2, 0) is 0 Å². The van der Waals surface area contributed by atoms with Gasteiger partial charge in [0.1, 0.15) is 22.2 Å². The molecule has 2 amide bonds. The van der Waals surface area contributed by atoms with Crippen molar-refractivity contribution in [3.63, 3.8) is 0 Å². The molecule has 2 aromatic carbocycles. The number of aromatic hydroxyl groups is 2. The van der Waals surface area contributed by atoms with Crippen LogP contribution < -0.4 is 5.32 Å². The molecule has 1 aliphatic heterocycles. The summed E-state index contributed by atoms with van der Waals surface area (Å²) in [5.74, 6) is 0.222. The van der Waals surface area contributed by atoms with E-state index in [1.165, 1.54) is 5.01 Å². The number of amides is 2. The van der Waals surface area contributed by atoms with Crippen LogP contribution in [0.5, 0.6) is 11.5 Å². The van der Waals surface area contributed by atoms with Gasteiger partial charge in [0.05, 0.1) is 11.8 Å². The first kappa shape index (κ1) is 22.9. The van der Waals surface area contributed by atoms with Crippen LogP contribution in [0, 0.1) is 0 Å². The zero-order chi connectivity index (χ0) is 22.8. The smallest absolute Gasteiger partial charge is 0.343 e. The second kappa shape index (κ2) is 9.67. The van der Waals surface area contributed by atoms with Gasteiger partial charge in [0.2, 0.25) is 0 Å². The number of nitrogens with one attached hydrogen (secondary N) is 1. The van der Waals surface area contributed by atoms with Crippen LogP contribution in [-0.4, -0.2) is 41.5 Å². The Bertz CT molecular complexity index is 1320. The Balaban J connectivity index is 0.00000274. The van der Waals surface area contributed by atoms with E-state index in [1.54, 1.807) is 54.9 Å². The Labute approximate surface area is 200 Å². The number of anilines is 1. The zero-order valence-electron chi connectivity index (χ0n) is 17.2. The first-order chi connectivity index (χ1) is 16.1. The molecule has 1 unspecified atom stereocenters. The third-order valence-electron chi connectivity index (χ3n) is 5.26. The summed E-state index contributed by atoms with van der Waals surface area (Å²) in [5, 5.41) is 33.3. The van der Waals surface area contributed by atoms with Crippen molar-refractivity contribution in [3.05, 3.63) is 84.2 Å². The monoisotopic (exact) mass is 474 g/mol. The molecule has 34 heavy (non-hydrogen) atoms. The number of para-hydroxylation sites is 1. The first-order valence-electron chi connectivity index (χ1n) is 10.1. The number of rotatable bonds is 4. The number of hydrogen-bond acceptors (Lipinski definition) is 8. The first-order valence-corrected chi connectivity index (χ1v) is 10.9. The molecule has 3 heterocycles. The SMILES string of the molecule is C.O=C(Nc1snnc1-c1ccc(O)cc1)N1N=C(c2cccnc2)CC1c1ccccc1O. The summed E-state index contributed by atoms with van der Waals surface area (Å²) < 4.78 is 3.97. The fourth-order valence-electron chi connectivity index (χ4n) is 3.65. The van der Waals surface area contributed by atoms with E-state index in [1.807, 2.05) is 18.2 Å². The van der Waals surface area contributed by atoms with Gasteiger partial charge in [-0.2, -0.15) is 5.10 Å². The maximum atomic E-state index is 13.3. The molecule has 4 aromatic rings. The molecule has 0 bridgehead atoms. The average molecular weight is 475 g/mol. The minimum Gasteiger partial charge on any atom is -0.508 e. The Morgan fingerprint density at radius 1 is 1.03 bits per heavy atom. The second-order valence-electron chi connectivity index (χ2n) is 7.34. The number of urea groups is 1. The maximum Gasteiger partial charge on any atom is 0.343 e. The van der Waals surface area contributed by atoms with Crippen LogP contribution in [0.4, 0.5) is 9.80 Å². The number of hydrogen-bond donors (Lipinski definition) is 3. The number of phenols is 2. The van der Waals surface area contributed by atoms with E-state index in [9.17, 15) is 15.0 Å². The predicted molar refractivity (Wildman–Crippen MR) is 131 cm³/mol. The summed E-state index contributed by atoms with van der Waals surface area (Å²) in [5.41, 5.74) is 3.28. The lowest BCUT2D eigenvalue weighted by atomic mass is 9.98. The molecule has 0 radical (unpaired) electrons. The minimum absolute atomic E-state index is 0. The predicted octanol–water partition coefficient (Wildman–Crippen LogP) is 5.03. The maximum absolute atomic E-state index is 13.3. The Hall–Kier alpha value is -4.31. The van der Waals surface area contributed by atoms with E-state index in [2.05, 4.69) is 25.0 Å². The highest BCUT2D eigenvalue weighted by Crippen LogP contribution is 2.38. The Morgan fingerprint density at radius 2 is 1.82 bits per heavy atom. The normalized spacial score (nSPS) is 14.9. The standard InChI is InChI=1S/C23H18N6O3S.CH4/c30-16-9-7-14(8-10-16)21-22(33-28-26-21)25-23(32)29-19(17-5-1-2-6-20(17)31)12-18(27-29)15-4-3-11-24-13-15;/h1-11,13,19,30-31H,12H2,(H,25,32);1H4. The number of nitrogens with zero attached hydrogens (tertiary/aromatic N) is 5. The van der Waals surface area contributed by atoms with Crippen LogP contribution in [0.25, 0.3) is 11.3 Å². The van der Waals surface area contributed by atoms with Gasteiger partial charge in [-0.05, 0) is 36.4 Å². The van der Waals surface area contributed by atoms with E-state index in [4.69, 9.17) is 0 Å². The van der Waals surface area contributed by atoms with E-state index in [0.29, 0.717) is 34.0 Å². The third kappa shape index (κ3) is 4.44. The molecule has 10 heteroatoms. The number of hydrazone groups is 1. The van der Waals surface area contributed by atoms with Crippen LogP contribution in [0.2, 0.25) is 0 Å². The van der Waals surface area contributed by atoms with Crippen LogP contribution in [0.15, 0.2) is 78.2 Å². The summed E-state index contributed by atoms with van der Waals surface area (Å²) in [6.45, 7) is 0. The van der Waals surface area contributed by atoms with E-state index in [-0.39, 0.29) is 18.9 Å². The number of carbonyl (C=O) groups is 1. The fourth-order valence-corrected chi connectivity index (χ4v) is 4.23. The molecular weight excluding hydrogens is 452 g/mol. The highest BCUT2D eigenvalue weighted by Gasteiger charge is 2.35. The lowest BCUT2D eigenvalue weighted by molar-refractivity contribution is 0.199. The van der Waals surface area contributed by atoms with Crippen molar-refractivity contribution in [2.24, 2.45) is 5.10 Å². The average Bonchev–Trinajstić information content (AvgIpc) is 3.48. The molecule has 5 rings (SSSR count). The van der Waals surface area contributed by atoms with Gasteiger partial charge in [-0.3, -0.25) is 10.3 Å². The molecule has 2 aromatic heterocycles. The van der Waals surface area contributed by atoms with Crippen molar-refractivity contribution in [1.29, 1.82) is 0 Å². The van der Waals surface area contributed by atoms with Gasteiger partial charge in [-0.1, -0.05) is 36.2 Å². The molecule has 1 aliphatic rings. The van der Waals surface area contributed by atoms with Gasteiger partial charge < -0.3 is 10.2 Å². The molecule has 172 valence electrons. The van der Waals surface area contributed by atoms with E-state index in [0.717, 1.165) is 17.1 Å². The topological polar surface area (TPSA) is 124 Å². The molecule has 9 nitrogen and oxygen atoms in total. The largest absolute Gasteiger partial charge is 0.508 e. The van der Waals surface area contributed by atoms with Crippen LogP contribution in [0.1, 0.15) is 31.0 Å². The van der Waals surface area contributed by atoms with Crippen molar-refractivity contribution in [2.75, 3.05) is 5.32 Å². The van der Waals surface area contributed by atoms with Crippen LogP contribution >= 0.6 is 11.5 Å². The second-order valence-corrected chi connectivity index (χ2v) is 8.09. The van der Waals surface area contributed by atoms with Gasteiger partial charge in [-0.25, -0.2) is 9.80 Å². The van der Waals surface area contributed by atoms with Crippen molar-refractivity contribution < 1.29 is 15.0 Å². The third-order valence-corrected chi connectivity index (χ3v) is 5.90. The number of aromatic nitrogens is 3. The summed E-state index contributed by atoms with van der Waals surface area (Å²) in [6, 6.07) is 16.1. The molecule has 3 N–H and O–H groups in total. The highest BCUT2D eigenvalue weighted by molar-refractivity contribution is 7.10. The van der Waals surface area contributed by atoms with Crippen molar-refractivity contribution in [1.82, 2.24) is 19.6 Å². The minimum atomic E-state index is -0.501. The number of benzene rings is 2. The molecule has 0 saturated heterocycles. The molecule has 0 aliphatic carbocycles. The summed E-state index contributed by atoms with van der Waals surface area (Å²) >= 11 is 1.04. The van der Waals surface area contributed by atoms with Gasteiger partial charge in [0.25, 0.3) is 0 Å². The van der Waals surface area contributed by atoms with Crippen molar-refractivity contribution in [2.45, 2.75) is 19.9 Å². The molecule has 0 spiro atoms. The fraction of sp³-hybridized carbons (Fsp3) is 0.125. The number of carbonyl (C=O) groups excluding carboxylic acids is 1. The lowest BCUT2D eigenvalue weighted by Gasteiger charge is -2.22. The van der Waals surface area contributed by atoms with Crippen LogP contribution in [0.3, 0.4) is 0 Å². The molecule has 0 fully saturated rings. The van der Waals surface area contributed by atoms with Crippen molar-refractivity contribution >= 4 is 28.3 Å². The summed E-state index contributed by atoms with van der Waals surface area (Å²) in [7, 11) is 0. The van der Waals surface area contributed by atoms with Gasteiger partial charge in [0, 0.05) is 47.0 Å². The number of pyridine rings is 1.